The predicted molar refractivity (Wildman–Crippen MR) is 139 cm³/mol. The largest absolute Gasteiger partial charge is 0.468 e. The Morgan fingerprint density at radius 2 is 1.90 bits per heavy atom. The van der Waals surface area contributed by atoms with Crippen LogP contribution in [0.1, 0.15) is 23.6 Å². The number of carbonyl (C=O) groups is 2. The molecule has 39 heavy (non-hydrogen) atoms. The third-order valence-corrected chi connectivity index (χ3v) is 6.71. The average Bonchev–Trinajstić information content (AvgIpc) is 3.63. The van der Waals surface area contributed by atoms with Crippen LogP contribution >= 0.6 is 0 Å². The molecule has 3 atom stereocenters. The van der Waals surface area contributed by atoms with Crippen LogP contribution < -0.4 is 16.0 Å². The molecule has 1 aliphatic rings. The molecule has 4 aromatic rings. The van der Waals surface area contributed by atoms with Crippen molar-refractivity contribution in [1.29, 1.82) is 0 Å². The number of anilines is 1. The van der Waals surface area contributed by atoms with Crippen LogP contribution in [0.3, 0.4) is 0 Å². The first-order valence-corrected chi connectivity index (χ1v) is 12.3. The molecular weight excluding hydrogens is 508 g/mol. The number of para-hydroxylation sites is 1. The van der Waals surface area contributed by atoms with Crippen molar-refractivity contribution >= 4 is 17.8 Å². The number of benzene rings is 2. The van der Waals surface area contributed by atoms with Crippen molar-refractivity contribution in [2.75, 3.05) is 12.4 Å². The van der Waals surface area contributed by atoms with E-state index in [1.807, 2.05) is 43.5 Å². The molecule has 2 aromatic carbocycles. The Morgan fingerprint density at radius 3 is 2.56 bits per heavy atom. The summed E-state index contributed by atoms with van der Waals surface area (Å²) >= 11 is 0. The second-order valence-electron chi connectivity index (χ2n) is 9.31. The predicted octanol–water partition coefficient (Wildman–Crippen LogP) is 3.63. The van der Waals surface area contributed by atoms with E-state index in [0.717, 1.165) is 28.9 Å². The summed E-state index contributed by atoms with van der Waals surface area (Å²) in [4.78, 5) is 25.6. The molecule has 2 amide bonds. The summed E-state index contributed by atoms with van der Waals surface area (Å²) in [5, 5.41) is 17.8. The van der Waals surface area contributed by atoms with Crippen LogP contribution in [0.4, 0.5) is 19.4 Å². The number of hydrogen-bond donors (Lipinski definition) is 3. The molecule has 12 heteroatoms. The summed E-state index contributed by atoms with van der Waals surface area (Å²) in [6.45, 7) is 1.85. The van der Waals surface area contributed by atoms with Crippen LogP contribution in [0.5, 0.6) is 0 Å². The van der Waals surface area contributed by atoms with Crippen LogP contribution in [0.15, 0.2) is 60.9 Å². The van der Waals surface area contributed by atoms with E-state index in [-0.39, 0.29) is 6.42 Å². The first-order valence-electron chi connectivity index (χ1n) is 12.3. The lowest BCUT2D eigenvalue weighted by Crippen LogP contribution is -2.41. The average molecular weight is 536 g/mol. The van der Waals surface area contributed by atoms with Gasteiger partial charge in [0.05, 0.1) is 31.1 Å². The minimum Gasteiger partial charge on any atom is -0.468 e. The topological polar surface area (TPSA) is 115 Å². The highest BCUT2D eigenvalue weighted by Gasteiger charge is 2.40. The fraction of sp³-hybridized carbons (Fsp3) is 0.259. The van der Waals surface area contributed by atoms with E-state index in [1.165, 1.54) is 13.2 Å². The molecule has 0 spiro atoms. The molecule has 1 fully saturated rings. The van der Waals surface area contributed by atoms with Crippen LogP contribution in [-0.4, -0.2) is 50.8 Å². The van der Waals surface area contributed by atoms with Gasteiger partial charge in [-0.05, 0) is 43.2 Å². The lowest BCUT2D eigenvalue weighted by atomic mass is 10.00. The van der Waals surface area contributed by atoms with Crippen molar-refractivity contribution in [2.24, 2.45) is 7.05 Å². The van der Waals surface area contributed by atoms with Crippen molar-refractivity contribution in [3.8, 4) is 16.9 Å². The monoisotopic (exact) mass is 535 g/mol. The van der Waals surface area contributed by atoms with Gasteiger partial charge in [0.25, 0.3) is 0 Å². The molecule has 0 saturated carbocycles. The standard InChI is InChI=1S/C27H27F2N7O3/c1-15-23(17-13-30-35(2)14-17)34-36(18-7-5-4-6-8-18)25(15)33-27(38)32-21-12-22(26(37)39-3)31-24(21)16-9-10-19(28)20(29)11-16/h4-11,13-14,21-22,24,31H,12H2,1-3H3,(H2,32,33,38)/t21-,22?,24+/m1/s1. The highest BCUT2D eigenvalue weighted by atomic mass is 19.2. The second-order valence-corrected chi connectivity index (χ2v) is 9.31. The molecule has 3 heterocycles. The van der Waals surface area contributed by atoms with Crippen molar-refractivity contribution in [3.05, 3.63) is 83.7 Å². The Balaban J connectivity index is 1.44. The van der Waals surface area contributed by atoms with Gasteiger partial charge < -0.3 is 10.1 Å². The van der Waals surface area contributed by atoms with Crippen molar-refractivity contribution in [2.45, 2.75) is 31.5 Å². The number of hydrogen-bond acceptors (Lipinski definition) is 6. The van der Waals surface area contributed by atoms with E-state index in [9.17, 15) is 18.4 Å². The van der Waals surface area contributed by atoms with Crippen LogP contribution in [0.2, 0.25) is 0 Å². The van der Waals surface area contributed by atoms with Crippen LogP contribution in [-0.2, 0) is 16.6 Å². The number of urea groups is 1. The van der Waals surface area contributed by atoms with Gasteiger partial charge in [-0.1, -0.05) is 24.3 Å². The number of rotatable bonds is 6. The van der Waals surface area contributed by atoms with Gasteiger partial charge in [-0.25, -0.2) is 18.3 Å². The third kappa shape index (κ3) is 5.23. The highest BCUT2D eigenvalue weighted by Crippen LogP contribution is 2.32. The zero-order valence-corrected chi connectivity index (χ0v) is 21.5. The van der Waals surface area contributed by atoms with Gasteiger partial charge in [-0.15, -0.1) is 0 Å². The first kappa shape index (κ1) is 26.0. The number of methoxy groups -OCH3 is 1. The fourth-order valence-corrected chi connectivity index (χ4v) is 4.80. The van der Waals surface area contributed by atoms with Gasteiger partial charge in [0.2, 0.25) is 0 Å². The Hall–Kier alpha value is -4.58. The molecule has 2 aromatic heterocycles. The maximum absolute atomic E-state index is 14.0. The number of aromatic nitrogens is 4. The van der Waals surface area contributed by atoms with E-state index >= 15 is 0 Å². The van der Waals surface area contributed by atoms with E-state index < -0.39 is 41.8 Å². The Bertz CT molecular complexity index is 1520. The maximum atomic E-state index is 14.0. The number of halogens is 2. The molecule has 0 bridgehead atoms. The minimum atomic E-state index is -1.02. The van der Waals surface area contributed by atoms with E-state index in [1.54, 1.807) is 22.6 Å². The number of ether oxygens (including phenoxy) is 1. The molecular formula is C27H27F2N7O3. The van der Waals surface area contributed by atoms with Gasteiger partial charge in [0.1, 0.15) is 17.6 Å². The minimum absolute atomic E-state index is 0.182. The zero-order valence-electron chi connectivity index (χ0n) is 21.5. The van der Waals surface area contributed by atoms with Crippen LogP contribution in [0.25, 0.3) is 16.9 Å². The van der Waals surface area contributed by atoms with E-state index in [4.69, 9.17) is 9.84 Å². The van der Waals surface area contributed by atoms with Crippen molar-refractivity contribution in [3.63, 3.8) is 0 Å². The number of aryl methyl sites for hydroxylation is 1. The summed E-state index contributed by atoms with van der Waals surface area (Å²) in [6, 6.07) is 10.2. The molecule has 10 nitrogen and oxygen atoms in total. The quantitative estimate of drug-likeness (QED) is 0.325. The number of esters is 1. The molecule has 1 unspecified atom stereocenters. The normalized spacial score (nSPS) is 18.6. The van der Waals surface area contributed by atoms with Gasteiger partial charge in [0.15, 0.2) is 11.6 Å². The molecule has 0 aliphatic carbocycles. The summed E-state index contributed by atoms with van der Waals surface area (Å²) in [7, 11) is 3.07. The summed E-state index contributed by atoms with van der Waals surface area (Å²) in [5.41, 5.74) is 3.27. The SMILES string of the molecule is COC(=O)C1C[C@@H](NC(=O)Nc2c(C)c(-c3cnn(C)c3)nn2-c2ccccc2)[C@H](c2ccc(F)c(F)c2)N1. The Labute approximate surface area is 223 Å². The lowest BCUT2D eigenvalue weighted by Gasteiger charge is -2.22. The Kier molecular flexibility index (Phi) is 7.11. The zero-order chi connectivity index (χ0) is 27.7. The van der Waals surface area contributed by atoms with Gasteiger partial charge in [0, 0.05) is 24.4 Å². The molecule has 202 valence electrons. The highest BCUT2D eigenvalue weighted by molar-refractivity contribution is 5.91. The van der Waals surface area contributed by atoms with Gasteiger partial charge >= 0.3 is 12.0 Å². The molecule has 1 aliphatic heterocycles. The summed E-state index contributed by atoms with van der Waals surface area (Å²) in [6.07, 6.45) is 3.71. The maximum Gasteiger partial charge on any atom is 0.322 e. The van der Waals surface area contributed by atoms with Gasteiger partial charge in [-0.2, -0.15) is 10.2 Å². The molecule has 5 rings (SSSR count). The summed E-state index contributed by atoms with van der Waals surface area (Å²) in [5.74, 6) is -2.09. The molecule has 3 N–H and O–H groups in total. The van der Waals surface area contributed by atoms with Crippen molar-refractivity contribution in [1.82, 2.24) is 30.2 Å². The smallest absolute Gasteiger partial charge is 0.322 e. The van der Waals surface area contributed by atoms with Crippen molar-refractivity contribution < 1.29 is 23.1 Å². The first-order chi connectivity index (χ1) is 18.7. The van der Waals surface area contributed by atoms with E-state index in [0.29, 0.717) is 17.1 Å². The molecule has 1 saturated heterocycles. The van der Waals surface area contributed by atoms with Crippen LogP contribution in [0, 0.1) is 18.6 Å². The summed E-state index contributed by atoms with van der Waals surface area (Å²) < 4.78 is 35.7. The van der Waals surface area contributed by atoms with E-state index in [2.05, 4.69) is 21.0 Å². The number of nitrogens with one attached hydrogen (secondary N) is 3. The number of nitrogens with zero attached hydrogens (tertiary/aromatic N) is 4. The van der Waals surface area contributed by atoms with Gasteiger partial charge in [-0.3, -0.25) is 20.1 Å². The number of carbonyl (C=O) groups excluding carboxylic acids is 2. The molecule has 0 radical (unpaired) electrons. The number of amides is 2. The lowest BCUT2D eigenvalue weighted by molar-refractivity contribution is -0.142. The second kappa shape index (κ2) is 10.7. The fourth-order valence-electron chi connectivity index (χ4n) is 4.80. The third-order valence-electron chi connectivity index (χ3n) is 6.71. The Morgan fingerprint density at radius 1 is 1.13 bits per heavy atom.